The molecule has 2 rings (SSSR count). The van der Waals surface area contributed by atoms with Crippen molar-refractivity contribution in [2.24, 2.45) is 0 Å². The van der Waals surface area contributed by atoms with Gasteiger partial charge in [-0.25, -0.2) is 9.97 Å². The lowest BCUT2D eigenvalue weighted by Gasteiger charge is -2.21. The van der Waals surface area contributed by atoms with Crippen molar-refractivity contribution >= 4 is 11.6 Å². The van der Waals surface area contributed by atoms with E-state index in [2.05, 4.69) is 32.1 Å². The predicted octanol–water partition coefficient (Wildman–Crippen LogP) is 2.42. The molecule has 0 amide bonds. The molecule has 2 aromatic rings. The first-order chi connectivity index (χ1) is 9.65. The molecule has 0 aliphatic heterocycles. The van der Waals surface area contributed by atoms with Crippen LogP contribution in [0.5, 0.6) is 0 Å². The van der Waals surface area contributed by atoms with Gasteiger partial charge in [-0.1, -0.05) is 13.0 Å². The number of nitrogens with one attached hydrogen (secondary N) is 1. The predicted molar refractivity (Wildman–Crippen MR) is 82.0 cm³/mol. The molecule has 5 heteroatoms. The lowest BCUT2D eigenvalue weighted by atomic mass is 10.2. The van der Waals surface area contributed by atoms with E-state index in [0.29, 0.717) is 0 Å². The van der Waals surface area contributed by atoms with E-state index < -0.39 is 0 Å². The molecule has 0 radical (unpaired) electrons. The van der Waals surface area contributed by atoms with Crippen molar-refractivity contribution in [3.05, 3.63) is 41.5 Å². The van der Waals surface area contributed by atoms with Gasteiger partial charge in [0, 0.05) is 25.4 Å². The summed E-state index contributed by atoms with van der Waals surface area (Å²) in [4.78, 5) is 15.3. The molecule has 2 heterocycles. The van der Waals surface area contributed by atoms with E-state index in [0.717, 1.165) is 41.6 Å². The Morgan fingerprint density at radius 2 is 2.05 bits per heavy atom. The van der Waals surface area contributed by atoms with Crippen LogP contribution in [-0.2, 0) is 13.0 Å². The van der Waals surface area contributed by atoms with Crippen molar-refractivity contribution in [2.75, 3.05) is 24.3 Å². The average Bonchev–Trinajstić information content (AvgIpc) is 2.46. The van der Waals surface area contributed by atoms with Crippen molar-refractivity contribution < 1.29 is 0 Å². The number of hydrogen-bond acceptors (Lipinski definition) is 5. The van der Waals surface area contributed by atoms with Crippen LogP contribution in [0.25, 0.3) is 0 Å². The van der Waals surface area contributed by atoms with Gasteiger partial charge < -0.3 is 10.2 Å². The summed E-state index contributed by atoms with van der Waals surface area (Å²) in [5, 5.41) is 3.12. The highest BCUT2D eigenvalue weighted by Gasteiger charge is 2.13. The first kappa shape index (κ1) is 14.2. The zero-order chi connectivity index (χ0) is 14.5. The molecule has 5 nitrogen and oxygen atoms in total. The Kier molecular flexibility index (Phi) is 4.50. The Morgan fingerprint density at radius 3 is 2.70 bits per heavy atom. The van der Waals surface area contributed by atoms with Gasteiger partial charge in [0.1, 0.15) is 18.0 Å². The van der Waals surface area contributed by atoms with Gasteiger partial charge in [-0.05, 0) is 25.5 Å². The molecule has 2 aromatic heterocycles. The Balaban J connectivity index is 2.27. The molecular formula is C15H21N5. The van der Waals surface area contributed by atoms with Crippen LogP contribution >= 0.6 is 0 Å². The Hall–Kier alpha value is -2.17. The number of rotatable bonds is 5. The summed E-state index contributed by atoms with van der Waals surface area (Å²) in [6.45, 7) is 4.85. The summed E-state index contributed by atoms with van der Waals surface area (Å²) in [6, 6.07) is 6.07. The third kappa shape index (κ3) is 3.04. The summed E-state index contributed by atoms with van der Waals surface area (Å²) in [5.74, 6) is 1.84. The van der Waals surface area contributed by atoms with Crippen molar-refractivity contribution in [1.82, 2.24) is 15.0 Å². The third-order valence-electron chi connectivity index (χ3n) is 3.22. The lowest BCUT2D eigenvalue weighted by Crippen LogP contribution is -2.21. The number of anilines is 2. The normalized spacial score (nSPS) is 10.4. The van der Waals surface area contributed by atoms with Crippen LogP contribution in [0, 0.1) is 6.92 Å². The largest absolute Gasteiger partial charge is 0.373 e. The van der Waals surface area contributed by atoms with Crippen LogP contribution in [-0.4, -0.2) is 29.0 Å². The van der Waals surface area contributed by atoms with Crippen molar-refractivity contribution in [3.63, 3.8) is 0 Å². The number of hydrogen-bond donors (Lipinski definition) is 1. The molecule has 0 saturated heterocycles. The van der Waals surface area contributed by atoms with Crippen molar-refractivity contribution in [1.29, 1.82) is 0 Å². The number of aromatic nitrogens is 3. The first-order valence-electron chi connectivity index (χ1n) is 6.81. The van der Waals surface area contributed by atoms with Gasteiger partial charge in [0.2, 0.25) is 0 Å². The average molecular weight is 271 g/mol. The maximum absolute atomic E-state index is 4.54. The fraction of sp³-hybridized carbons (Fsp3) is 0.400. The second-order valence-electron chi connectivity index (χ2n) is 4.75. The molecule has 1 N–H and O–H groups in total. The second kappa shape index (κ2) is 6.32. The number of nitrogens with zero attached hydrogens (tertiary/aromatic N) is 4. The molecule has 0 aromatic carbocycles. The fourth-order valence-electron chi connectivity index (χ4n) is 2.28. The quantitative estimate of drug-likeness (QED) is 0.905. The molecule has 0 spiro atoms. The van der Waals surface area contributed by atoms with E-state index in [9.17, 15) is 0 Å². The zero-order valence-electron chi connectivity index (χ0n) is 12.5. The second-order valence-corrected chi connectivity index (χ2v) is 4.75. The van der Waals surface area contributed by atoms with Gasteiger partial charge in [0.05, 0.1) is 12.2 Å². The van der Waals surface area contributed by atoms with Crippen LogP contribution < -0.4 is 10.2 Å². The minimum absolute atomic E-state index is 0.731. The maximum atomic E-state index is 4.54. The van der Waals surface area contributed by atoms with Crippen LogP contribution in [0.4, 0.5) is 11.6 Å². The standard InChI is InChI=1S/C15H21N5/c1-5-13-14(16-3)17-10-18-15(13)20(4)9-12-8-6-7-11(2)19-12/h6-8,10H,5,9H2,1-4H3,(H,16,17,18). The van der Waals surface area contributed by atoms with Gasteiger partial charge in [0.25, 0.3) is 0 Å². The van der Waals surface area contributed by atoms with Gasteiger partial charge in [-0.2, -0.15) is 0 Å². The molecule has 0 saturated carbocycles. The number of aryl methyl sites for hydroxylation is 1. The Morgan fingerprint density at radius 1 is 1.25 bits per heavy atom. The third-order valence-corrected chi connectivity index (χ3v) is 3.22. The number of pyridine rings is 1. The zero-order valence-corrected chi connectivity index (χ0v) is 12.5. The van der Waals surface area contributed by atoms with Crippen LogP contribution in [0.2, 0.25) is 0 Å². The smallest absolute Gasteiger partial charge is 0.137 e. The highest BCUT2D eigenvalue weighted by Crippen LogP contribution is 2.23. The summed E-state index contributed by atoms with van der Waals surface area (Å²) >= 11 is 0. The van der Waals surface area contributed by atoms with Gasteiger partial charge in [-0.15, -0.1) is 0 Å². The molecule has 0 fully saturated rings. The molecule has 0 bridgehead atoms. The molecule has 0 aliphatic rings. The lowest BCUT2D eigenvalue weighted by molar-refractivity contribution is 0.841. The van der Waals surface area contributed by atoms with Gasteiger partial charge in [-0.3, -0.25) is 4.98 Å². The van der Waals surface area contributed by atoms with E-state index in [1.54, 1.807) is 6.33 Å². The maximum Gasteiger partial charge on any atom is 0.137 e. The van der Waals surface area contributed by atoms with E-state index >= 15 is 0 Å². The summed E-state index contributed by atoms with van der Waals surface area (Å²) in [5.41, 5.74) is 3.20. The highest BCUT2D eigenvalue weighted by atomic mass is 15.2. The van der Waals surface area contributed by atoms with Gasteiger partial charge in [0.15, 0.2) is 0 Å². The van der Waals surface area contributed by atoms with E-state index in [1.807, 2.05) is 39.2 Å². The Bertz CT molecular complexity index is 582. The highest BCUT2D eigenvalue weighted by molar-refractivity contribution is 5.58. The first-order valence-corrected chi connectivity index (χ1v) is 6.81. The molecular weight excluding hydrogens is 250 g/mol. The fourth-order valence-corrected chi connectivity index (χ4v) is 2.28. The van der Waals surface area contributed by atoms with Gasteiger partial charge >= 0.3 is 0 Å². The Labute approximate surface area is 120 Å². The molecule has 106 valence electrons. The van der Waals surface area contributed by atoms with Crippen LogP contribution in [0.1, 0.15) is 23.9 Å². The topological polar surface area (TPSA) is 53.9 Å². The molecule has 0 unspecified atom stereocenters. The minimum Gasteiger partial charge on any atom is -0.373 e. The van der Waals surface area contributed by atoms with Crippen molar-refractivity contribution in [3.8, 4) is 0 Å². The molecule has 0 atom stereocenters. The molecule has 20 heavy (non-hydrogen) atoms. The van der Waals surface area contributed by atoms with E-state index in [4.69, 9.17) is 0 Å². The summed E-state index contributed by atoms with van der Waals surface area (Å²) in [6.07, 6.45) is 2.48. The van der Waals surface area contributed by atoms with Crippen LogP contribution in [0.15, 0.2) is 24.5 Å². The SMILES string of the molecule is CCc1c(NC)ncnc1N(C)Cc1cccc(C)n1. The monoisotopic (exact) mass is 271 g/mol. The molecule has 0 aliphatic carbocycles. The minimum atomic E-state index is 0.731. The van der Waals surface area contributed by atoms with Crippen LogP contribution in [0.3, 0.4) is 0 Å². The summed E-state index contributed by atoms with van der Waals surface area (Å²) < 4.78 is 0. The van der Waals surface area contributed by atoms with E-state index in [-0.39, 0.29) is 0 Å². The summed E-state index contributed by atoms with van der Waals surface area (Å²) in [7, 11) is 3.92. The van der Waals surface area contributed by atoms with Crippen molar-refractivity contribution in [2.45, 2.75) is 26.8 Å². The van der Waals surface area contributed by atoms with E-state index in [1.165, 1.54) is 0 Å².